The van der Waals surface area contributed by atoms with Crippen LogP contribution >= 0.6 is 0 Å². The zero-order chi connectivity index (χ0) is 15.1. The standard InChI is InChI=1S/C18H22O3/c1-14(2)21-17-10-8-15(9-11-17)18(19)12-13-20-16-6-4-3-5-7-16/h3-11,14,18-19H,12-13H2,1-2H3. The number of hydrogen-bond donors (Lipinski definition) is 1. The summed E-state index contributed by atoms with van der Waals surface area (Å²) in [5.41, 5.74) is 0.878. The lowest BCUT2D eigenvalue weighted by Gasteiger charge is -2.14. The highest BCUT2D eigenvalue weighted by Gasteiger charge is 2.08. The van der Waals surface area contributed by atoms with Crippen molar-refractivity contribution < 1.29 is 14.6 Å². The highest BCUT2D eigenvalue weighted by molar-refractivity contribution is 5.28. The third-order valence-electron chi connectivity index (χ3n) is 3.04. The Morgan fingerprint density at radius 3 is 2.19 bits per heavy atom. The zero-order valence-corrected chi connectivity index (χ0v) is 12.5. The minimum atomic E-state index is -0.526. The maximum atomic E-state index is 10.2. The number of rotatable bonds is 7. The molecule has 1 unspecified atom stereocenters. The van der Waals surface area contributed by atoms with Crippen LogP contribution in [0.1, 0.15) is 31.9 Å². The molecular weight excluding hydrogens is 264 g/mol. The number of hydrogen-bond acceptors (Lipinski definition) is 3. The lowest BCUT2D eigenvalue weighted by atomic mass is 10.1. The van der Waals surface area contributed by atoms with Crippen LogP contribution in [0.5, 0.6) is 11.5 Å². The van der Waals surface area contributed by atoms with Crippen LogP contribution in [-0.2, 0) is 0 Å². The van der Waals surface area contributed by atoms with Crippen molar-refractivity contribution in [2.24, 2.45) is 0 Å². The Labute approximate surface area is 126 Å². The van der Waals surface area contributed by atoms with Gasteiger partial charge in [-0.15, -0.1) is 0 Å². The molecule has 2 rings (SSSR count). The fourth-order valence-corrected chi connectivity index (χ4v) is 2.01. The quantitative estimate of drug-likeness (QED) is 0.837. The van der Waals surface area contributed by atoms with Crippen molar-refractivity contribution in [3.8, 4) is 11.5 Å². The highest BCUT2D eigenvalue weighted by atomic mass is 16.5. The third kappa shape index (κ3) is 5.12. The topological polar surface area (TPSA) is 38.7 Å². The molecule has 1 N–H and O–H groups in total. The minimum Gasteiger partial charge on any atom is -0.493 e. The van der Waals surface area contributed by atoms with Gasteiger partial charge in [0.05, 0.1) is 18.8 Å². The first-order valence-electron chi connectivity index (χ1n) is 7.27. The summed E-state index contributed by atoms with van der Waals surface area (Å²) in [6, 6.07) is 17.2. The molecule has 0 heterocycles. The summed E-state index contributed by atoms with van der Waals surface area (Å²) in [6.07, 6.45) is 0.182. The first-order chi connectivity index (χ1) is 10.1. The van der Waals surface area contributed by atoms with Gasteiger partial charge in [0.15, 0.2) is 0 Å². The van der Waals surface area contributed by atoms with Crippen molar-refractivity contribution in [1.29, 1.82) is 0 Å². The summed E-state index contributed by atoms with van der Waals surface area (Å²) in [7, 11) is 0. The van der Waals surface area contributed by atoms with E-state index in [1.54, 1.807) is 0 Å². The number of benzene rings is 2. The number of ether oxygens (including phenoxy) is 2. The highest BCUT2D eigenvalue weighted by Crippen LogP contribution is 2.21. The molecular formula is C18H22O3. The van der Waals surface area contributed by atoms with Gasteiger partial charge in [0.25, 0.3) is 0 Å². The molecule has 0 amide bonds. The van der Waals surface area contributed by atoms with Crippen LogP contribution in [0.2, 0.25) is 0 Å². The Balaban J connectivity index is 1.81. The van der Waals surface area contributed by atoms with Gasteiger partial charge in [0, 0.05) is 6.42 Å². The largest absolute Gasteiger partial charge is 0.493 e. The van der Waals surface area contributed by atoms with Gasteiger partial charge in [-0.1, -0.05) is 30.3 Å². The fraction of sp³-hybridized carbons (Fsp3) is 0.333. The molecule has 21 heavy (non-hydrogen) atoms. The van der Waals surface area contributed by atoms with Gasteiger partial charge in [-0.05, 0) is 43.7 Å². The van der Waals surface area contributed by atoms with Gasteiger partial charge in [0.2, 0.25) is 0 Å². The van der Waals surface area contributed by atoms with Crippen LogP contribution in [0, 0.1) is 0 Å². The van der Waals surface area contributed by atoms with E-state index in [9.17, 15) is 5.11 Å². The Hall–Kier alpha value is -2.00. The lowest BCUT2D eigenvalue weighted by molar-refractivity contribution is 0.140. The molecule has 0 fully saturated rings. The summed E-state index contributed by atoms with van der Waals surface area (Å²) in [5.74, 6) is 1.65. The Bertz CT molecular complexity index is 520. The molecule has 0 bridgehead atoms. The summed E-state index contributed by atoms with van der Waals surface area (Å²) in [5, 5.41) is 10.2. The van der Waals surface area contributed by atoms with E-state index in [2.05, 4.69) is 0 Å². The van der Waals surface area contributed by atoms with E-state index in [0.29, 0.717) is 13.0 Å². The number of aliphatic hydroxyl groups excluding tert-OH is 1. The van der Waals surface area contributed by atoms with E-state index in [4.69, 9.17) is 9.47 Å². The summed E-state index contributed by atoms with van der Waals surface area (Å²) >= 11 is 0. The molecule has 0 aliphatic rings. The lowest BCUT2D eigenvalue weighted by Crippen LogP contribution is -2.07. The molecule has 3 heteroatoms. The Morgan fingerprint density at radius 2 is 1.57 bits per heavy atom. The molecule has 112 valence electrons. The van der Waals surface area contributed by atoms with Crippen LogP contribution in [0.25, 0.3) is 0 Å². The minimum absolute atomic E-state index is 0.153. The number of para-hydroxylation sites is 1. The first-order valence-corrected chi connectivity index (χ1v) is 7.27. The Kier molecular flexibility index (Phi) is 5.64. The van der Waals surface area contributed by atoms with E-state index in [1.807, 2.05) is 68.4 Å². The van der Waals surface area contributed by atoms with E-state index in [-0.39, 0.29) is 6.10 Å². The normalized spacial score (nSPS) is 12.2. The van der Waals surface area contributed by atoms with Gasteiger partial charge >= 0.3 is 0 Å². The average molecular weight is 286 g/mol. The van der Waals surface area contributed by atoms with Crippen molar-refractivity contribution >= 4 is 0 Å². The van der Waals surface area contributed by atoms with Crippen molar-refractivity contribution in [3.63, 3.8) is 0 Å². The molecule has 0 aliphatic carbocycles. The van der Waals surface area contributed by atoms with Gasteiger partial charge < -0.3 is 14.6 Å². The SMILES string of the molecule is CC(C)Oc1ccc(C(O)CCOc2ccccc2)cc1. The molecule has 1 atom stereocenters. The van der Waals surface area contributed by atoms with Gasteiger partial charge in [-0.25, -0.2) is 0 Å². The van der Waals surface area contributed by atoms with E-state index >= 15 is 0 Å². The molecule has 0 spiro atoms. The fourth-order valence-electron chi connectivity index (χ4n) is 2.01. The van der Waals surface area contributed by atoms with Crippen molar-refractivity contribution in [3.05, 3.63) is 60.2 Å². The second kappa shape index (κ2) is 7.70. The van der Waals surface area contributed by atoms with Crippen LogP contribution in [0.15, 0.2) is 54.6 Å². The predicted octanol–water partition coefficient (Wildman–Crippen LogP) is 3.98. The van der Waals surface area contributed by atoms with Gasteiger partial charge in [-0.2, -0.15) is 0 Å². The van der Waals surface area contributed by atoms with Crippen LogP contribution in [0.4, 0.5) is 0 Å². The maximum Gasteiger partial charge on any atom is 0.119 e. The predicted molar refractivity (Wildman–Crippen MR) is 83.7 cm³/mol. The third-order valence-corrected chi connectivity index (χ3v) is 3.04. The average Bonchev–Trinajstić information content (AvgIpc) is 2.48. The summed E-state index contributed by atoms with van der Waals surface area (Å²) in [6.45, 7) is 4.46. The molecule has 3 nitrogen and oxygen atoms in total. The van der Waals surface area contributed by atoms with Crippen molar-refractivity contribution in [1.82, 2.24) is 0 Å². The van der Waals surface area contributed by atoms with Crippen LogP contribution in [0.3, 0.4) is 0 Å². The van der Waals surface area contributed by atoms with Crippen LogP contribution in [-0.4, -0.2) is 17.8 Å². The smallest absolute Gasteiger partial charge is 0.119 e. The van der Waals surface area contributed by atoms with Crippen LogP contribution < -0.4 is 9.47 Å². The first kappa shape index (κ1) is 15.4. The molecule has 2 aromatic rings. The second-order valence-corrected chi connectivity index (χ2v) is 5.20. The zero-order valence-electron chi connectivity index (χ0n) is 12.5. The molecule has 0 aromatic heterocycles. The van der Waals surface area contributed by atoms with E-state index in [0.717, 1.165) is 17.1 Å². The molecule has 0 radical (unpaired) electrons. The summed E-state index contributed by atoms with van der Waals surface area (Å²) in [4.78, 5) is 0. The van der Waals surface area contributed by atoms with Gasteiger partial charge in [0.1, 0.15) is 11.5 Å². The molecule has 0 saturated carbocycles. The van der Waals surface area contributed by atoms with E-state index < -0.39 is 6.10 Å². The van der Waals surface area contributed by atoms with Crippen molar-refractivity contribution in [2.75, 3.05) is 6.61 Å². The van der Waals surface area contributed by atoms with Crippen molar-refractivity contribution in [2.45, 2.75) is 32.5 Å². The number of aliphatic hydroxyl groups is 1. The Morgan fingerprint density at radius 1 is 0.905 bits per heavy atom. The van der Waals surface area contributed by atoms with Gasteiger partial charge in [-0.3, -0.25) is 0 Å². The summed E-state index contributed by atoms with van der Waals surface area (Å²) < 4.78 is 11.2. The van der Waals surface area contributed by atoms with E-state index in [1.165, 1.54) is 0 Å². The monoisotopic (exact) mass is 286 g/mol. The molecule has 0 saturated heterocycles. The molecule has 0 aliphatic heterocycles. The maximum absolute atomic E-state index is 10.2. The second-order valence-electron chi connectivity index (χ2n) is 5.20. The molecule has 2 aromatic carbocycles.